The van der Waals surface area contributed by atoms with Crippen molar-refractivity contribution in [3.05, 3.63) is 54.6 Å². The molecular formula is C33H44ClN3O7. The standard InChI is InChI=1S/C33H44ClN3O7/c1-6-8-13-26(39)35-18-21(5)43-32(42)27-25-14-15-33(44-25)28(27)30(40)37(22(19-38)17-20(3)4)29(33)31(41)36(16-7-2)24-12-10-9-11-23(24)34/h6-7,9-12,20-22,25,27-29,38H,1-2,8,13-19H2,3-5H3,(H,35,39)/t21-,22+,25-,27+,28+,29-,33+/m0/s1. The number of aliphatic hydroxyl groups is 1. The number of benzene rings is 1. The number of nitrogens with zero attached hydrogens (tertiary/aromatic N) is 2. The van der Waals surface area contributed by atoms with Crippen molar-refractivity contribution >= 4 is 41.0 Å². The number of amides is 3. The molecule has 10 nitrogen and oxygen atoms in total. The first-order chi connectivity index (χ1) is 21.0. The number of hydrogen-bond acceptors (Lipinski definition) is 7. The van der Waals surface area contributed by atoms with Crippen LogP contribution in [0.5, 0.6) is 0 Å². The van der Waals surface area contributed by atoms with Gasteiger partial charge in [-0.15, -0.1) is 13.2 Å². The lowest BCUT2D eigenvalue weighted by Crippen LogP contribution is -2.59. The molecule has 0 saturated carbocycles. The third-order valence-corrected chi connectivity index (χ3v) is 9.11. The quantitative estimate of drug-likeness (QED) is 0.224. The van der Waals surface area contributed by atoms with E-state index in [0.29, 0.717) is 36.4 Å². The summed E-state index contributed by atoms with van der Waals surface area (Å²) in [5, 5.41) is 13.6. The van der Waals surface area contributed by atoms with Crippen molar-refractivity contribution in [2.75, 3.05) is 24.6 Å². The predicted molar refractivity (Wildman–Crippen MR) is 167 cm³/mol. The number of para-hydroxylation sites is 1. The number of fused-ring (bicyclic) bond motifs is 1. The topological polar surface area (TPSA) is 125 Å². The molecule has 1 aromatic carbocycles. The third-order valence-electron chi connectivity index (χ3n) is 8.79. The van der Waals surface area contributed by atoms with E-state index >= 15 is 0 Å². The molecule has 2 bridgehead atoms. The molecule has 3 heterocycles. The number of rotatable bonds is 15. The molecule has 3 amide bonds. The summed E-state index contributed by atoms with van der Waals surface area (Å²) < 4.78 is 12.3. The van der Waals surface area contributed by atoms with Crippen molar-refractivity contribution in [3.8, 4) is 0 Å². The van der Waals surface area contributed by atoms with Gasteiger partial charge < -0.3 is 29.7 Å². The Kier molecular flexibility index (Phi) is 10.9. The van der Waals surface area contributed by atoms with Gasteiger partial charge in [-0.1, -0.05) is 49.7 Å². The van der Waals surface area contributed by atoms with Crippen molar-refractivity contribution in [2.45, 2.75) is 82.8 Å². The molecule has 3 saturated heterocycles. The Hall–Kier alpha value is -3.21. The largest absolute Gasteiger partial charge is 0.460 e. The van der Waals surface area contributed by atoms with Crippen LogP contribution in [-0.2, 0) is 28.7 Å². The van der Waals surface area contributed by atoms with Gasteiger partial charge in [0, 0.05) is 13.0 Å². The lowest BCUT2D eigenvalue weighted by Gasteiger charge is -2.39. The second-order valence-corrected chi connectivity index (χ2v) is 12.7. The lowest BCUT2D eigenvalue weighted by molar-refractivity contribution is -0.159. The van der Waals surface area contributed by atoms with Crippen molar-refractivity contribution in [2.24, 2.45) is 17.8 Å². The van der Waals surface area contributed by atoms with Crippen LogP contribution in [0.2, 0.25) is 5.02 Å². The number of hydrogen-bond donors (Lipinski definition) is 2. The molecule has 3 aliphatic heterocycles. The molecule has 240 valence electrons. The summed E-state index contributed by atoms with van der Waals surface area (Å²) in [5.41, 5.74) is -0.821. The van der Waals surface area contributed by atoms with Crippen molar-refractivity contribution in [1.29, 1.82) is 0 Å². The normalized spacial score (nSPS) is 26.7. The van der Waals surface area contributed by atoms with Crippen LogP contribution in [-0.4, -0.2) is 83.3 Å². The number of allylic oxidation sites excluding steroid dienone is 1. The predicted octanol–water partition coefficient (Wildman–Crippen LogP) is 3.65. The monoisotopic (exact) mass is 629 g/mol. The number of esters is 1. The minimum atomic E-state index is -1.28. The van der Waals surface area contributed by atoms with E-state index < -0.39 is 59.5 Å². The SMILES string of the molecule is C=CCCC(=O)NC[C@H](C)OC(=O)[C@@H]1[C@@H]2CC[C@]3(O2)[C@H](C(=O)N(CC=C)c2ccccc2Cl)N([C@@H](CO)CC(C)C)C(=O)[C@@H]13. The van der Waals surface area contributed by atoms with Crippen molar-refractivity contribution < 1.29 is 33.8 Å². The minimum absolute atomic E-state index is 0.113. The average Bonchev–Trinajstić information content (AvgIpc) is 3.64. The molecule has 0 aliphatic carbocycles. The van der Waals surface area contributed by atoms with Crippen LogP contribution in [0, 0.1) is 17.8 Å². The molecule has 4 rings (SSSR count). The zero-order valence-electron chi connectivity index (χ0n) is 25.7. The summed E-state index contributed by atoms with van der Waals surface area (Å²) in [6.07, 6.45) is 4.12. The molecular weight excluding hydrogens is 586 g/mol. The number of anilines is 1. The molecule has 1 aromatic rings. The Labute approximate surface area is 264 Å². The molecule has 7 atom stereocenters. The number of halogens is 1. The number of aliphatic hydroxyl groups excluding tert-OH is 1. The Morgan fingerprint density at radius 3 is 2.61 bits per heavy atom. The van der Waals surface area contributed by atoms with E-state index in [1.165, 1.54) is 9.80 Å². The van der Waals surface area contributed by atoms with Crippen LogP contribution >= 0.6 is 11.6 Å². The maximum absolute atomic E-state index is 14.7. The molecule has 3 fully saturated rings. The average molecular weight is 630 g/mol. The Morgan fingerprint density at radius 1 is 1.25 bits per heavy atom. The molecule has 1 spiro atoms. The fraction of sp³-hybridized carbons (Fsp3) is 0.576. The van der Waals surface area contributed by atoms with Crippen molar-refractivity contribution in [1.82, 2.24) is 10.2 Å². The highest BCUT2D eigenvalue weighted by Gasteiger charge is 2.75. The summed E-state index contributed by atoms with van der Waals surface area (Å²) >= 11 is 6.53. The summed E-state index contributed by atoms with van der Waals surface area (Å²) in [7, 11) is 0. The lowest BCUT2D eigenvalue weighted by atomic mass is 9.70. The van der Waals surface area contributed by atoms with Gasteiger partial charge in [0.2, 0.25) is 11.8 Å². The smallest absolute Gasteiger partial charge is 0.312 e. The molecule has 0 aromatic heterocycles. The van der Waals surface area contributed by atoms with E-state index in [1.54, 1.807) is 43.3 Å². The number of carbonyl (C=O) groups is 4. The first-order valence-corrected chi connectivity index (χ1v) is 15.7. The fourth-order valence-corrected chi connectivity index (χ4v) is 7.24. The molecule has 0 radical (unpaired) electrons. The van der Waals surface area contributed by atoms with Gasteiger partial charge in [0.1, 0.15) is 17.7 Å². The van der Waals surface area contributed by atoms with Crippen LogP contribution in [0.25, 0.3) is 0 Å². The van der Waals surface area contributed by atoms with E-state index in [2.05, 4.69) is 18.5 Å². The van der Waals surface area contributed by atoms with Gasteiger partial charge in [0.05, 0.1) is 47.8 Å². The Balaban J connectivity index is 1.67. The second kappa shape index (κ2) is 14.3. The zero-order chi connectivity index (χ0) is 32.2. The van der Waals surface area contributed by atoms with E-state index in [-0.39, 0.29) is 37.9 Å². The Bertz CT molecular complexity index is 1270. The molecule has 0 unspecified atom stereocenters. The fourth-order valence-electron chi connectivity index (χ4n) is 7.00. The minimum Gasteiger partial charge on any atom is -0.460 e. The van der Waals surface area contributed by atoms with Crippen LogP contribution in [0.4, 0.5) is 5.69 Å². The highest BCUT2D eigenvalue weighted by Crippen LogP contribution is 2.59. The number of carbonyl (C=O) groups excluding carboxylic acids is 4. The summed E-state index contributed by atoms with van der Waals surface area (Å²) in [4.78, 5) is 57.7. The van der Waals surface area contributed by atoms with Gasteiger partial charge in [-0.05, 0) is 50.7 Å². The van der Waals surface area contributed by atoms with E-state index in [1.807, 2.05) is 13.8 Å². The summed E-state index contributed by atoms with van der Waals surface area (Å²) in [5.74, 6) is -3.38. The number of ether oxygens (including phenoxy) is 2. The zero-order valence-corrected chi connectivity index (χ0v) is 26.5. The van der Waals surface area contributed by atoms with Gasteiger partial charge in [0.25, 0.3) is 5.91 Å². The Morgan fingerprint density at radius 2 is 1.98 bits per heavy atom. The van der Waals surface area contributed by atoms with Gasteiger partial charge in [0.15, 0.2) is 0 Å². The van der Waals surface area contributed by atoms with Crippen molar-refractivity contribution in [3.63, 3.8) is 0 Å². The summed E-state index contributed by atoms with van der Waals surface area (Å²) in [6.45, 7) is 13.0. The van der Waals surface area contributed by atoms with Gasteiger partial charge in [-0.25, -0.2) is 0 Å². The van der Waals surface area contributed by atoms with Crippen LogP contribution < -0.4 is 10.2 Å². The van der Waals surface area contributed by atoms with Crippen LogP contribution in [0.3, 0.4) is 0 Å². The highest BCUT2D eigenvalue weighted by atomic mass is 35.5. The van der Waals surface area contributed by atoms with Crippen LogP contribution in [0.15, 0.2) is 49.6 Å². The second-order valence-electron chi connectivity index (χ2n) is 12.3. The van der Waals surface area contributed by atoms with E-state index in [9.17, 15) is 24.3 Å². The van der Waals surface area contributed by atoms with E-state index in [0.717, 1.165) is 0 Å². The third kappa shape index (κ3) is 6.43. The highest BCUT2D eigenvalue weighted by molar-refractivity contribution is 6.34. The molecule has 11 heteroatoms. The van der Waals surface area contributed by atoms with Gasteiger partial charge in [-0.2, -0.15) is 0 Å². The van der Waals surface area contributed by atoms with Crippen LogP contribution in [0.1, 0.15) is 52.9 Å². The van der Waals surface area contributed by atoms with Gasteiger partial charge >= 0.3 is 5.97 Å². The van der Waals surface area contributed by atoms with Gasteiger partial charge in [-0.3, -0.25) is 19.2 Å². The maximum Gasteiger partial charge on any atom is 0.312 e. The first kappa shape index (κ1) is 33.7. The number of nitrogens with one attached hydrogen (secondary N) is 1. The molecule has 3 aliphatic rings. The summed E-state index contributed by atoms with van der Waals surface area (Å²) in [6, 6.07) is 5.17. The molecule has 44 heavy (non-hydrogen) atoms. The molecule has 2 N–H and O–H groups in total. The first-order valence-electron chi connectivity index (χ1n) is 15.4. The number of likely N-dealkylation sites (tertiary alicyclic amines) is 1. The maximum atomic E-state index is 14.7. The van der Waals surface area contributed by atoms with E-state index in [4.69, 9.17) is 21.1 Å².